The van der Waals surface area contributed by atoms with Crippen LogP contribution in [0.2, 0.25) is 19.6 Å². The van der Waals surface area contributed by atoms with Crippen molar-refractivity contribution >= 4 is 8.07 Å². The fourth-order valence-electron chi connectivity index (χ4n) is 0.279. The minimum atomic E-state index is -1.15. The van der Waals surface area contributed by atoms with Gasteiger partial charge in [-0.15, -0.1) is 0 Å². The molecule has 52 valence electrons. The molecule has 0 heterocycles. The second-order valence-corrected chi connectivity index (χ2v) is 8.79. The molecule has 1 unspecified atom stereocenters. The van der Waals surface area contributed by atoms with Crippen molar-refractivity contribution in [1.82, 2.24) is 0 Å². The lowest BCUT2D eigenvalue weighted by atomic mass is 10.8. The molecule has 0 N–H and O–H groups in total. The van der Waals surface area contributed by atoms with E-state index in [9.17, 15) is 0 Å². The monoisotopic (exact) mass is 142 g/mol. The van der Waals surface area contributed by atoms with Gasteiger partial charge >= 0.3 is 0 Å². The first-order chi connectivity index (χ1) is 3.98. The van der Waals surface area contributed by atoms with E-state index in [1.165, 1.54) is 0 Å². The van der Waals surface area contributed by atoms with Crippen LogP contribution in [0.1, 0.15) is 6.92 Å². The molecule has 0 saturated carbocycles. The summed E-state index contributed by atoms with van der Waals surface area (Å²) in [5, 5.41) is 0. The van der Waals surface area contributed by atoms with Crippen molar-refractivity contribution in [1.29, 1.82) is 0 Å². The van der Waals surface area contributed by atoms with Crippen LogP contribution in [0.4, 0.5) is 0 Å². The zero-order chi connectivity index (χ0) is 7.49. The van der Waals surface area contributed by atoms with Gasteiger partial charge in [0.1, 0.15) is 6.11 Å². The van der Waals surface area contributed by atoms with E-state index < -0.39 is 8.07 Å². The van der Waals surface area contributed by atoms with Crippen molar-refractivity contribution in [2.45, 2.75) is 32.3 Å². The molecular weight excluding hydrogens is 128 g/mol. The molecule has 0 aromatic rings. The van der Waals surface area contributed by atoms with Crippen LogP contribution in [0.5, 0.6) is 0 Å². The highest BCUT2D eigenvalue weighted by Crippen LogP contribution is 2.09. The largest absolute Gasteiger partial charge is 0.448 e. The molecule has 0 fully saturated rings. The van der Waals surface area contributed by atoms with Crippen molar-refractivity contribution in [2.75, 3.05) is 0 Å². The lowest BCUT2D eigenvalue weighted by Gasteiger charge is -2.22. The number of rotatable bonds is 2. The molecule has 0 spiro atoms. The van der Waals surface area contributed by atoms with Gasteiger partial charge in [-0.25, -0.2) is 0 Å². The smallest absolute Gasteiger partial charge is 0.106 e. The third-order valence-corrected chi connectivity index (χ3v) is 4.02. The molecule has 0 bridgehead atoms. The Kier molecular flexibility index (Phi) is 2.79. The molecule has 0 aromatic carbocycles. The normalized spacial score (nSPS) is 14.1. The average Bonchev–Trinajstić information content (AvgIpc) is 1.64. The molecule has 0 aliphatic carbocycles. The average molecular weight is 142 g/mol. The molecule has 0 aliphatic rings. The van der Waals surface area contributed by atoms with E-state index in [0.29, 0.717) is 0 Å². The van der Waals surface area contributed by atoms with Crippen LogP contribution in [0.15, 0.2) is 0 Å². The van der Waals surface area contributed by atoms with Crippen molar-refractivity contribution in [3.63, 3.8) is 0 Å². The van der Waals surface area contributed by atoms with Crippen LogP contribution in [-0.4, -0.2) is 13.8 Å². The Morgan fingerprint density at radius 3 is 2.00 bits per heavy atom. The first-order valence-electron chi connectivity index (χ1n) is 3.09. The van der Waals surface area contributed by atoms with Crippen LogP contribution in [0.3, 0.4) is 0 Å². The van der Waals surface area contributed by atoms with Crippen molar-refractivity contribution < 1.29 is 4.74 Å². The summed E-state index contributed by atoms with van der Waals surface area (Å²) >= 11 is 0. The summed E-state index contributed by atoms with van der Waals surface area (Å²) in [6, 6.07) is 0. The predicted octanol–water partition coefficient (Wildman–Crippen LogP) is 1.86. The number of terminal acetylenes is 1. The van der Waals surface area contributed by atoms with Gasteiger partial charge in [-0.1, -0.05) is 26.1 Å². The quantitative estimate of drug-likeness (QED) is 0.422. The van der Waals surface area contributed by atoms with Gasteiger partial charge < -0.3 is 4.74 Å². The van der Waals surface area contributed by atoms with Crippen LogP contribution in [0, 0.1) is 12.5 Å². The molecule has 0 radical (unpaired) electrons. The van der Waals surface area contributed by atoms with Crippen molar-refractivity contribution in [3.8, 4) is 12.5 Å². The zero-order valence-corrected chi connectivity index (χ0v) is 7.56. The Bertz CT molecular complexity index is 118. The van der Waals surface area contributed by atoms with Gasteiger partial charge in [-0.3, -0.25) is 0 Å². The lowest BCUT2D eigenvalue weighted by Crippen LogP contribution is -2.36. The molecule has 0 amide bonds. The Hall–Kier alpha value is -0.423. The molecule has 0 aliphatic heterocycles. The van der Waals surface area contributed by atoms with E-state index in [1.54, 1.807) is 0 Å². The second-order valence-electron chi connectivity index (χ2n) is 3.24. The molecule has 9 heavy (non-hydrogen) atoms. The standard InChI is InChI=1S/C7H14OSi/c1-6-8-7(2)9(3,4)5/h1,7H,2-5H3. The van der Waals surface area contributed by atoms with E-state index in [1.807, 2.05) is 6.92 Å². The van der Waals surface area contributed by atoms with E-state index in [2.05, 4.69) is 25.7 Å². The van der Waals surface area contributed by atoms with Crippen LogP contribution >= 0.6 is 0 Å². The van der Waals surface area contributed by atoms with Crippen molar-refractivity contribution in [2.24, 2.45) is 0 Å². The summed E-state index contributed by atoms with van der Waals surface area (Å²) < 4.78 is 5.00. The van der Waals surface area contributed by atoms with E-state index >= 15 is 0 Å². The maximum absolute atomic E-state index is 5.00. The molecule has 1 nitrogen and oxygen atoms in total. The third-order valence-electron chi connectivity index (χ3n) is 1.46. The van der Waals surface area contributed by atoms with Gasteiger partial charge in [0.25, 0.3) is 0 Å². The molecule has 0 aromatic heterocycles. The first-order valence-corrected chi connectivity index (χ1v) is 6.67. The highest BCUT2D eigenvalue weighted by Gasteiger charge is 2.23. The maximum atomic E-state index is 5.00. The van der Waals surface area contributed by atoms with Crippen molar-refractivity contribution in [3.05, 3.63) is 0 Å². The summed E-state index contributed by atoms with van der Waals surface area (Å²) in [7, 11) is -1.15. The molecule has 2 heteroatoms. The Morgan fingerprint density at radius 1 is 1.44 bits per heavy atom. The Morgan fingerprint density at radius 2 is 1.89 bits per heavy atom. The summed E-state index contributed by atoms with van der Waals surface area (Å²) in [4.78, 5) is 0. The fourth-order valence-corrected chi connectivity index (χ4v) is 0.700. The van der Waals surface area contributed by atoms with Gasteiger partial charge in [0.15, 0.2) is 0 Å². The topological polar surface area (TPSA) is 9.23 Å². The SMILES string of the molecule is C#COC(C)[Si](C)(C)C. The molecule has 1 atom stereocenters. The van der Waals surface area contributed by atoms with Gasteiger partial charge in [-0.2, -0.15) is 0 Å². The molecule has 0 saturated heterocycles. The van der Waals surface area contributed by atoms with Gasteiger partial charge in [0.2, 0.25) is 0 Å². The summed E-state index contributed by atoms with van der Waals surface area (Å²) in [6.07, 6.45) is 7.18. The highest BCUT2D eigenvalue weighted by molar-refractivity contribution is 6.77. The minimum absolute atomic E-state index is 0.266. The van der Waals surface area contributed by atoms with Gasteiger partial charge in [0.05, 0.1) is 13.8 Å². The van der Waals surface area contributed by atoms with Crippen LogP contribution in [0.25, 0.3) is 0 Å². The van der Waals surface area contributed by atoms with Gasteiger partial charge in [0, 0.05) is 0 Å². The summed E-state index contributed by atoms with van der Waals surface area (Å²) in [6.45, 7) is 8.73. The number of hydrogen-bond acceptors (Lipinski definition) is 1. The lowest BCUT2D eigenvalue weighted by molar-refractivity contribution is 0.250. The second kappa shape index (κ2) is 2.93. The fraction of sp³-hybridized carbons (Fsp3) is 0.714. The minimum Gasteiger partial charge on any atom is -0.448 e. The number of ether oxygens (including phenoxy) is 1. The zero-order valence-electron chi connectivity index (χ0n) is 6.56. The Balaban J connectivity index is 3.76. The van der Waals surface area contributed by atoms with Gasteiger partial charge in [-0.05, 0) is 6.92 Å². The van der Waals surface area contributed by atoms with Crippen LogP contribution < -0.4 is 0 Å². The van der Waals surface area contributed by atoms with E-state index in [4.69, 9.17) is 11.2 Å². The third kappa shape index (κ3) is 3.20. The van der Waals surface area contributed by atoms with E-state index in [-0.39, 0.29) is 5.73 Å². The summed E-state index contributed by atoms with van der Waals surface area (Å²) in [5.41, 5.74) is 0.266. The Labute approximate surface area is 58.4 Å². The van der Waals surface area contributed by atoms with E-state index in [0.717, 1.165) is 0 Å². The highest BCUT2D eigenvalue weighted by atomic mass is 28.3. The number of hydrogen-bond donors (Lipinski definition) is 0. The predicted molar refractivity (Wildman–Crippen MR) is 42.7 cm³/mol. The van der Waals surface area contributed by atoms with Crippen LogP contribution in [-0.2, 0) is 4.74 Å². The maximum Gasteiger partial charge on any atom is 0.106 e. The first kappa shape index (κ1) is 8.58. The molecule has 0 rings (SSSR count). The molecular formula is C7H14OSi. The summed E-state index contributed by atoms with van der Waals surface area (Å²) in [5.74, 6) is 0.